The number of benzene rings is 1. The Morgan fingerprint density at radius 3 is 2.48 bits per heavy atom. The summed E-state index contributed by atoms with van der Waals surface area (Å²) in [4.78, 5) is 2.33. The molecule has 0 aliphatic rings. The molecule has 0 saturated carbocycles. The Morgan fingerprint density at radius 2 is 1.90 bits per heavy atom. The molecule has 0 unspecified atom stereocenters. The van der Waals surface area contributed by atoms with Crippen LogP contribution in [0.4, 0.5) is 0 Å². The first-order valence-corrected chi connectivity index (χ1v) is 7.96. The third-order valence-electron chi connectivity index (χ3n) is 3.43. The van der Waals surface area contributed by atoms with Gasteiger partial charge in [0.15, 0.2) is 11.5 Å². The number of hydrogen-bond donors (Lipinski definition) is 1. The normalized spacial score (nSPS) is 11.0. The molecule has 1 N–H and O–H groups in total. The van der Waals surface area contributed by atoms with E-state index >= 15 is 0 Å². The first-order valence-electron chi connectivity index (χ1n) is 7.58. The van der Waals surface area contributed by atoms with Gasteiger partial charge >= 0.3 is 0 Å². The molecule has 120 valence electrons. The third kappa shape index (κ3) is 5.73. The number of halogens is 1. The van der Waals surface area contributed by atoms with Gasteiger partial charge in [-0.2, -0.15) is 0 Å². The van der Waals surface area contributed by atoms with E-state index in [0.717, 1.165) is 37.5 Å². The van der Waals surface area contributed by atoms with Gasteiger partial charge in [0.1, 0.15) is 6.61 Å². The van der Waals surface area contributed by atoms with Crippen LogP contribution in [0.25, 0.3) is 0 Å². The number of likely N-dealkylation sites (N-methyl/N-ethyl adjacent to an activating group) is 1. The van der Waals surface area contributed by atoms with Crippen LogP contribution in [0.15, 0.2) is 12.1 Å². The Labute approximate surface area is 133 Å². The van der Waals surface area contributed by atoms with Crippen molar-refractivity contribution in [2.45, 2.75) is 27.3 Å². The number of nitrogens with one attached hydrogen (secondary N) is 1. The topological polar surface area (TPSA) is 33.7 Å². The zero-order chi connectivity index (χ0) is 15.7. The average molecular weight is 315 g/mol. The maximum atomic E-state index is 6.14. The lowest BCUT2D eigenvalue weighted by Gasteiger charge is -2.20. The number of ether oxygens (including phenoxy) is 2. The molecule has 5 heteroatoms. The summed E-state index contributed by atoms with van der Waals surface area (Å²) in [5, 5.41) is 3.96. The average Bonchev–Trinajstić information content (AvgIpc) is 2.50. The summed E-state index contributed by atoms with van der Waals surface area (Å²) in [6, 6.07) is 3.73. The molecule has 0 radical (unpaired) electrons. The van der Waals surface area contributed by atoms with Crippen LogP contribution >= 0.6 is 11.6 Å². The van der Waals surface area contributed by atoms with Gasteiger partial charge in [-0.25, -0.2) is 0 Å². The van der Waals surface area contributed by atoms with Crippen LogP contribution in [0.5, 0.6) is 11.5 Å². The standard InChI is InChI=1S/C16H27ClN2O2/c1-5-18-12-13-10-14(17)11-15(20-4)16(13)21-9-8-19(6-2)7-3/h10-11,18H,5-9,12H2,1-4H3. The lowest BCUT2D eigenvalue weighted by Crippen LogP contribution is -2.28. The summed E-state index contributed by atoms with van der Waals surface area (Å²) >= 11 is 6.14. The fourth-order valence-electron chi connectivity index (χ4n) is 2.15. The molecule has 1 aromatic rings. The molecule has 1 aromatic carbocycles. The fraction of sp³-hybridized carbons (Fsp3) is 0.625. The molecule has 0 spiro atoms. The van der Waals surface area contributed by atoms with Gasteiger partial charge in [-0.3, -0.25) is 0 Å². The molecule has 0 amide bonds. The number of hydrogen-bond acceptors (Lipinski definition) is 4. The highest BCUT2D eigenvalue weighted by Crippen LogP contribution is 2.34. The van der Waals surface area contributed by atoms with E-state index in [1.807, 2.05) is 6.07 Å². The highest BCUT2D eigenvalue weighted by atomic mass is 35.5. The van der Waals surface area contributed by atoms with Crippen molar-refractivity contribution in [2.75, 3.05) is 39.9 Å². The zero-order valence-electron chi connectivity index (χ0n) is 13.5. The van der Waals surface area contributed by atoms with E-state index in [4.69, 9.17) is 21.1 Å². The molecule has 0 fully saturated rings. The fourth-order valence-corrected chi connectivity index (χ4v) is 2.38. The quantitative estimate of drug-likeness (QED) is 0.719. The summed E-state index contributed by atoms with van der Waals surface area (Å²) in [5.74, 6) is 1.48. The van der Waals surface area contributed by atoms with Crippen molar-refractivity contribution in [1.29, 1.82) is 0 Å². The molecule has 0 aliphatic carbocycles. The van der Waals surface area contributed by atoms with Crippen molar-refractivity contribution in [3.8, 4) is 11.5 Å². The smallest absolute Gasteiger partial charge is 0.165 e. The van der Waals surface area contributed by atoms with Crippen LogP contribution in [0.1, 0.15) is 26.3 Å². The van der Waals surface area contributed by atoms with E-state index in [1.165, 1.54) is 0 Å². The monoisotopic (exact) mass is 314 g/mol. The van der Waals surface area contributed by atoms with Gasteiger partial charge < -0.3 is 19.7 Å². The van der Waals surface area contributed by atoms with Crippen LogP contribution < -0.4 is 14.8 Å². The lowest BCUT2D eigenvalue weighted by molar-refractivity contribution is 0.215. The molecule has 0 saturated heterocycles. The second-order valence-electron chi connectivity index (χ2n) is 4.75. The number of methoxy groups -OCH3 is 1. The second kappa shape index (κ2) is 9.87. The van der Waals surface area contributed by atoms with Gasteiger partial charge in [-0.05, 0) is 25.7 Å². The van der Waals surface area contributed by atoms with Gasteiger partial charge in [0.05, 0.1) is 7.11 Å². The predicted octanol–water partition coefficient (Wildman–Crippen LogP) is 3.18. The van der Waals surface area contributed by atoms with Crippen LogP contribution in [0.2, 0.25) is 5.02 Å². The van der Waals surface area contributed by atoms with Crippen LogP contribution in [-0.4, -0.2) is 44.8 Å². The molecule has 4 nitrogen and oxygen atoms in total. The summed E-state index contributed by atoms with van der Waals surface area (Å²) in [5.41, 5.74) is 1.03. The molecular formula is C16H27ClN2O2. The van der Waals surface area contributed by atoms with Gasteiger partial charge in [-0.15, -0.1) is 0 Å². The van der Waals surface area contributed by atoms with E-state index in [2.05, 4.69) is 31.0 Å². The predicted molar refractivity (Wildman–Crippen MR) is 88.7 cm³/mol. The Morgan fingerprint density at radius 1 is 1.19 bits per heavy atom. The highest BCUT2D eigenvalue weighted by Gasteiger charge is 2.13. The highest BCUT2D eigenvalue weighted by molar-refractivity contribution is 6.30. The Kier molecular flexibility index (Phi) is 8.50. The molecule has 0 atom stereocenters. The first-order chi connectivity index (χ1) is 10.2. The van der Waals surface area contributed by atoms with E-state index in [1.54, 1.807) is 13.2 Å². The van der Waals surface area contributed by atoms with E-state index in [9.17, 15) is 0 Å². The van der Waals surface area contributed by atoms with Crippen LogP contribution in [0, 0.1) is 0 Å². The molecule has 0 heterocycles. The van der Waals surface area contributed by atoms with Gasteiger partial charge in [-0.1, -0.05) is 32.4 Å². The molecular weight excluding hydrogens is 288 g/mol. The van der Waals surface area contributed by atoms with Crippen molar-refractivity contribution >= 4 is 11.6 Å². The largest absolute Gasteiger partial charge is 0.493 e. The Hall–Kier alpha value is -0.970. The summed E-state index contributed by atoms with van der Waals surface area (Å²) < 4.78 is 11.4. The van der Waals surface area contributed by atoms with E-state index < -0.39 is 0 Å². The van der Waals surface area contributed by atoms with E-state index in [0.29, 0.717) is 23.9 Å². The Bertz CT molecular complexity index is 423. The maximum absolute atomic E-state index is 6.14. The zero-order valence-corrected chi connectivity index (χ0v) is 14.3. The van der Waals surface area contributed by atoms with Crippen molar-refractivity contribution in [1.82, 2.24) is 10.2 Å². The third-order valence-corrected chi connectivity index (χ3v) is 3.65. The van der Waals surface area contributed by atoms with Crippen molar-refractivity contribution in [3.63, 3.8) is 0 Å². The van der Waals surface area contributed by atoms with Crippen LogP contribution in [-0.2, 0) is 6.54 Å². The first kappa shape index (κ1) is 18.1. The number of rotatable bonds is 10. The van der Waals surface area contributed by atoms with Crippen molar-refractivity contribution in [2.24, 2.45) is 0 Å². The molecule has 21 heavy (non-hydrogen) atoms. The lowest BCUT2D eigenvalue weighted by atomic mass is 10.2. The van der Waals surface area contributed by atoms with Crippen molar-refractivity contribution < 1.29 is 9.47 Å². The minimum Gasteiger partial charge on any atom is -0.493 e. The summed E-state index contributed by atoms with van der Waals surface area (Å²) in [7, 11) is 1.64. The molecule has 0 aliphatic heterocycles. The molecule has 0 aromatic heterocycles. The minimum absolute atomic E-state index is 0.638. The number of nitrogens with zero attached hydrogens (tertiary/aromatic N) is 1. The SMILES string of the molecule is CCNCc1cc(Cl)cc(OC)c1OCCN(CC)CC. The Balaban J connectivity index is 2.81. The summed E-state index contributed by atoms with van der Waals surface area (Å²) in [6.45, 7) is 11.6. The molecule has 1 rings (SSSR count). The minimum atomic E-state index is 0.638. The van der Waals surface area contributed by atoms with Crippen molar-refractivity contribution in [3.05, 3.63) is 22.7 Å². The van der Waals surface area contributed by atoms with Gasteiger partial charge in [0.25, 0.3) is 0 Å². The van der Waals surface area contributed by atoms with Crippen LogP contribution in [0.3, 0.4) is 0 Å². The second-order valence-corrected chi connectivity index (χ2v) is 5.19. The maximum Gasteiger partial charge on any atom is 0.165 e. The summed E-state index contributed by atoms with van der Waals surface area (Å²) in [6.07, 6.45) is 0. The van der Waals surface area contributed by atoms with Gasteiger partial charge in [0, 0.05) is 29.7 Å². The van der Waals surface area contributed by atoms with E-state index in [-0.39, 0.29) is 0 Å². The van der Waals surface area contributed by atoms with Gasteiger partial charge in [0.2, 0.25) is 0 Å². The molecule has 0 bridgehead atoms.